The first kappa shape index (κ1) is 16.8. The fourth-order valence-electron chi connectivity index (χ4n) is 2.77. The number of pyridine rings is 1. The Bertz CT molecular complexity index is 942. The maximum absolute atomic E-state index is 12.0. The number of aromatic nitrogens is 1. The van der Waals surface area contributed by atoms with Gasteiger partial charge in [-0.05, 0) is 24.4 Å². The molecule has 0 atom stereocenters. The van der Waals surface area contributed by atoms with Crippen LogP contribution in [0.3, 0.4) is 0 Å². The van der Waals surface area contributed by atoms with E-state index in [0.29, 0.717) is 18.7 Å². The Morgan fingerprint density at radius 1 is 1.00 bits per heavy atom. The molecule has 0 aliphatic rings. The first-order chi connectivity index (χ1) is 12.1. The largest absolute Gasteiger partial charge is 0.383 e. The van der Waals surface area contributed by atoms with Gasteiger partial charge in [-0.3, -0.25) is 9.59 Å². The second kappa shape index (κ2) is 7.66. The minimum atomic E-state index is -0.174. The van der Waals surface area contributed by atoms with Crippen molar-refractivity contribution in [2.75, 3.05) is 18.4 Å². The van der Waals surface area contributed by atoms with Crippen LogP contribution in [0.5, 0.6) is 0 Å². The minimum Gasteiger partial charge on any atom is -0.383 e. The molecule has 2 aromatic carbocycles. The lowest BCUT2D eigenvalue weighted by atomic mass is 10.1. The summed E-state index contributed by atoms with van der Waals surface area (Å²) in [4.78, 5) is 23.9. The van der Waals surface area contributed by atoms with Gasteiger partial charge >= 0.3 is 0 Å². The van der Waals surface area contributed by atoms with Crippen molar-refractivity contribution in [2.24, 2.45) is 0 Å². The summed E-state index contributed by atoms with van der Waals surface area (Å²) in [7, 11) is 0. The lowest BCUT2D eigenvalue weighted by Crippen LogP contribution is -2.35. The van der Waals surface area contributed by atoms with Gasteiger partial charge in [0.1, 0.15) is 6.54 Å². The van der Waals surface area contributed by atoms with Gasteiger partial charge in [-0.25, -0.2) is 0 Å². The van der Waals surface area contributed by atoms with Crippen LogP contribution in [0.25, 0.3) is 10.8 Å². The highest BCUT2D eigenvalue weighted by Gasteiger charge is 2.05. The third-order valence-electron chi connectivity index (χ3n) is 4.08. The predicted octanol–water partition coefficient (Wildman–Crippen LogP) is 2.54. The number of carbonyl (C=O) groups excluding carboxylic acids is 1. The lowest BCUT2D eigenvalue weighted by molar-refractivity contribution is -0.121. The molecular formula is C20H21N3O2. The van der Waals surface area contributed by atoms with Crippen LogP contribution >= 0.6 is 0 Å². The van der Waals surface area contributed by atoms with Gasteiger partial charge in [-0.2, -0.15) is 0 Å². The van der Waals surface area contributed by atoms with Crippen molar-refractivity contribution in [1.29, 1.82) is 0 Å². The van der Waals surface area contributed by atoms with Crippen LogP contribution in [0.4, 0.5) is 5.69 Å². The highest BCUT2D eigenvalue weighted by atomic mass is 16.2. The molecule has 0 unspecified atom stereocenters. The molecule has 0 saturated carbocycles. The standard InChI is InChI=1S/C20H21N3O2/c1-15-6-5-13-23(20(15)25)14-19(24)22-12-11-21-18-10-4-8-16-7-2-3-9-17(16)18/h2-10,13,21H,11-12,14H2,1H3,(H,22,24). The summed E-state index contributed by atoms with van der Waals surface area (Å²) in [5, 5.41) is 8.51. The molecule has 128 valence electrons. The number of nitrogens with one attached hydrogen (secondary N) is 2. The van der Waals surface area contributed by atoms with E-state index in [-0.39, 0.29) is 18.0 Å². The van der Waals surface area contributed by atoms with E-state index in [1.54, 1.807) is 25.3 Å². The molecule has 1 aromatic heterocycles. The second-order valence-electron chi connectivity index (χ2n) is 5.93. The molecular weight excluding hydrogens is 314 g/mol. The van der Waals surface area contributed by atoms with Crippen LogP contribution in [0.15, 0.2) is 65.6 Å². The SMILES string of the molecule is Cc1cccn(CC(=O)NCCNc2cccc3ccccc23)c1=O. The van der Waals surface area contributed by atoms with Gasteiger partial charge in [-0.15, -0.1) is 0 Å². The van der Waals surface area contributed by atoms with Crippen LogP contribution < -0.4 is 16.2 Å². The third kappa shape index (κ3) is 4.07. The maximum Gasteiger partial charge on any atom is 0.253 e. The maximum atomic E-state index is 12.0. The van der Waals surface area contributed by atoms with Gasteiger partial charge in [0, 0.05) is 35.9 Å². The van der Waals surface area contributed by atoms with Gasteiger partial charge in [0.25, 0.3) is 5.56 Å². The number of anilines is 1. The van der Waals surface area contributed by atoms with E-state index >= 15 is 0 Å². The van der Waals surface area contributed by atoms with Crippen LogP contribution in [0.1, 0.15) is 5.56 Å². The Kier molecular flexibility index (Phi) is 5.14. The van der Waals surface area contributed by atoms with Crippen molar-refractivity contribution in [3.05, 3.63) is 76.7 Å². The number of hydrogen-bond acceptors (Lipinski definition) is 3. The van der Waals surface area contributed by atoms with Crippen molar-refractivity contribution in [2.45, 2.75) is 13.5 Å². The van der Waals surface area contributed by atoms with E-state index in [0.717, 1.165) is 11.1 Å². The molecule has 1 amide bonds. The van der Waals surface area contributed by atoms with Crippen LogP contribution in [0.2, 0.25) is 0 Å². The molecule has 0 saturated heterocycles. The molecule has 0 spiro atoms. The average Bonchev–Trinajstić information content (AvgIpc) is 2.63. The Hall–Kier alpha value is -3.08. The van der Waals surface area contributed by atoms with Gasteiger partial charge in [0.15, 0.2) is 0 Å². The van der Waals surface area contributed by atoms with Crippen molar-refractivity contribution in [1.82, 2.24) is 9.88 Å². The zero-order valence-electron chi connectivity index (χ0n) is 14.2. The Morgan fingerprint density at radius 2 is 1.80 bits per heavy atom. The number of benzene rings is 2. The number of amides is 1. The number of carbonyl (C=O) groups is 1. The average molecular weight is 335 g/mol. The number of rotatable bonds is 6. The molecule has 0 bridgehead atoms. The molecule has 0 fully saturated rings. The predicted molar refractivity (Wildman–Crippen MR) is 101 cm³/mol. The zero-order chi connectivity index (χ0) is 17.6. The van der Waals surface area contributed by atoms with Crippen molar-refractivity contribution < 1.29 is 4.79 Å². The highest BCUT2D eigenvalue weighted by Crippen LogP contribution is 2.22. The molecule has 25 heavy (non-hydrogen) atoms. The van der Waals surface area contributed by atoms with Crippen molar-refractivity contribution in [3.8, 4) is 0 Å². The van der Waals surface area contributed by atoms with E-state index in [2.05, 4.69) is 28.8 Å². The van der Waals surface area contributed by atoms with Gasteiger partial charge in [0.2, 0.25) is 5.91 Å². The fraction of sp³-hybridized carbons (Fsp3) is 0.200. The summed E-state index contributed by atoms with van der Waals surface area (Å²) < 4.78 is 1.42. The number of hydrogen-bond donors (Lipinski definition) is 2. The molecule has 0 aliphatic carbocycles. The number of aryl methyl sites for hydroxylation is 1. The summed E-state index contributed by atoms with van der Waals surface area (Å²) in [5.41, 5.74) is 1.54. The molecule has 3 rings (SSSR count). The van der Waals surface area contributed by atoms with Gasteiger partial charge < -0.3 is 15.2 Å². The molecule has 1 heterocycles. The van der Waals surface area contributed by atoms with Crippen LogP contribution in [-0.2, 0) is 11.3 Å². The molecule has 0 radical (unpaired) electrons. The summed E-state index contributed by atoms with van der Waals surface area (Å²) in [6.07, 6.45) is 1.63. The van der Waals surface area contributed by atoms with E-state index in [1.165, 1.54) is 9.95 Å². The van der Waals surface area contributed by atoms with Crippen molar-refractivity contribution in [3.63, 3.8) is 0 Å². The highest BCUT2D eigenvalue weighted by molar-refractivity contribution is 5.93. The Labute approximate surface area is 146 Å². The summed E-state index contributed by atoms with van der Waals surface area (Å²) in [5.74, 6) is -0.174. The van der Waals surface area contributed by atoms with Gasteiger partial charge in [0.05, 0.1) is 0 Å². The lowest BCUT2D eigenvalue weighted by Gasteiger charge is -2.11. The third-order valence-corrected chi connectivity index (χ3v) is 4.08. The minimum absolute atomic E-state index is 0.0365. The first-order valence-electron chi connectivity index (χ1n) is 8.29. The van der Waals surface area contributed by atoms with Crippen LogP contribution in [-0.4, -0.2) is 23.6 Å². The quantitative estimate of drug-likeness (QED) is 0.681. The Balaban J connectivity index is 1.52. The second-order valence-corrected chi connectivity index (χ2v) is 5.93. The monoisotopic (exact) mass is 335 g/mol. The van der Waals surface area contributed by atoms with E-state index in [9.17, 15) is 9.59 Å². The van der Waals surface area contributed by atoms with E-state index in [4.69, 9.17) is 0 Å². The smallest absolute Gasteiger partial charge is 0.253 e. The van der Waals surface area contributed by atoms with E-state index in [1.807, 2.05) is 24.3 Å². The summed E-state index contributed by atoms with van der Waals surface area (Å²) >= 11 is 0. The number of nitrogens with zero attached hydrogens (tertiary/aromatic N) is 1. The van der Waals surface area contributed by atoms with E-state index < -0.39 is 0 Å². The van der Waals surface area contributed by atoms with Gasteiger partial charge in [-0.1, -0.05) is 42.5 Å². The topological polar surface area (TPSA) is 63.1 Å². The zero-order valence-corrected chi connectivity index (χ0v) is 14.2. The molecule has 2 N–H and O–H groups in total. The summed E-state index contributed by atoms with van der Waals surface area (Å²) in [6, 6.07) is 17.8. The Morgan fingerprint density at radius 3 is 2.68 bits per heavy atom. The molecule has 5 heteroatoms. The number of fused-ring (bicyclic) bond motifs is 1. The van der Waals surface area contributed by atoms with Crippen molar-refractivity contribution >= 4 is 22.4 Å². The fourth-order valence-corrected chi connectivity index (χ4v) is 2.77. The first-order valence-corrected chi connectivity index (χ1v) is 8.29. The van der Waals surface area contributed by atoms with Crippen LogP contribution in [0, 0.1) is 6.92 Å². The normalized spacial score (nSPS) is 10.6. The molecule has 0 aliphatic heterocycles. The molecule has 3 aromatic rings. The molecule has 5 nitrogen and oxygen atoms in total. The summed E-state index contributed by atoms with van der Waals surface area (Å²) in [6.45, 7) is 2.88.